The van der Waals surface area contributed by atoms with Crippen LogP contribution >= 0.6 is 0 Å². The molecule has 21 heavy (non-hydrogen) atoms. The first-order valence-electron chi connectivity index (χ1n) is 6.99. The lowest BCUT2D eigenvalue weighted by Crippen LogP contribution is -2.44. The highest BCUT2D eigenvalue weighted by Gasteiger charge is 2.39. The first kappa shape index (κ1) is 15.6. The number of carbonyl (C=O) groups excluding carboxylic acids is 1. The van der Waals surface area contributed by atoms with Crippen molar-refractivity contribution in [3.63, 3.8) is 0 Å². The van der Waals surface area contributed by atoms with E-state index in [-0.39, 0.29) is 5.97 Å². The van der Waals surface area contributed by atoms with Gasteiger partial charge in [0.25, 0.3) is 0 Å². The van der Waals surface area contributed by atoms with Crippen molar-refractivity contribution in [2.45, 2.75) is 39.0 Å². The topological polar surface area (TPSA) is 81.6 Å². The third-order valence-corrected chi connectivity index (χ3v) is 3.44. The van der Waals surface area contributed by atoms with Crippen molar-refractivity contribution in [3.05, 3.63) is 24.0 Å². The van der Waals surface area contributed by atoms with Crippen molar-refractivity contribution in [3.8, 4) is 0 Å². The quantitative estimate of drug-likeness (QED) is 0.643. The molecule has 0 aliphatic carbocycles. The van der Waals surface area contributed by atoms with Gasteiger partial charge in [0.05, 0.1) is 17.8 Å². The fourth-order valence-corrected chi connectivity index (χ4v) is 2.49. The number of benzene rings is 1. The van der Waals surface area contributed by atoms with Crippen LogP contribution in [0.15, 0.2) is 18.2 Å². The zero-order chi connectivity index (χ0) is 15.8. The van der Waals surface area contributed by atoms with Crippen LogP contribution in [0.4, 0.5) is 15.8 Å². The summed E-state index contributed by atoms with van der Waals surface area (Å²) in [4.78, 5) is 13.8. The Morgan fingerprint density at radius 2 is 2.10 bits per heavy atom. The Hall–Kier alpha value is -1.82. The van der Waals surface area contributed by atoms with Crippen LogP contribution < -0.4 is 16.4 Å². The molecule has 1 unspecified atom stereocenters. The number of hydrogen-bond acceptors (Lipinski definition) is 5. The molecule has 0 spiro atoms. The number of ether oxygens (including phenoxy) is 1. The highest BCUT2D eigenvalue weighted by molar-refractivity contribution is 5.75. The summed E-state index contributed by atoms with van der Waals surface area (Å²) in [5.41, 5.74) is 11.8. The van der Waals surface area contributed by atoms with E-state index < -0.39 is 23.5 Å². The van der Waals surface area contributed by atoms with E-state index >= 15 is 0 Å². The molecule has 2 rings (SSSR count). The van der Waals surface area contributed by atoms with E-state index in [2.05, 4.69) is 0 Å². The first-order chi connectivity index (χ1) is 9.69. The Balaban J connectivity index is 2.14. The van der Waals surface area contributed by atoms with Crippen LogP contribution in [-0.2, 0) is 9.53 Å². The van der Waals surface area contributed by atoms with E-state index in [1.807, 2.05) is 20.8 Å². The minimum absolute atomic E-state index is 0.339. The van der Waals surface area contributed by atoms with Crippen molar-refractivity contribution in [2.75, 3.05) is 17.2 Å². The SMILES string of the molecule is CC(C)(C)OC(=O)[C@H]1CCN(c2ccc(N)cc2F)C1N. The zero-order valence-electron chi connectivity index (χ0n) is 12.6. The number of nitrogen functional groups attached to an aromatic ring is 1. The smallest absolute Gasteiger partial charge is 0.313 e. The molecule has 0 radical (unpaired) electrons. The molecule has 116 valence electrons. The molecule has 2 atom stereocenters. The number of esters is 1. The molecule has 1 saturated heterocycles. The standard InChI is InChI=1S/C15H22FN3O2/c1-15(2,3)21-14(20)10-6-7-19(13(10)18)12-5-4-9(17)8-11(12)16/h4-5,8,10,13H,6-7,17-18H2,1-3H3/t10-,13?/m0/s1. The van der Waals surface area contributed by atoms with E-state index in [0.717, 1.165) is 0 Å². The van der Waals surface area contributed by atoms with Crippen LogP contribution in [0.1, 0.15) is 27.2 Å². The van der Waals surface area contributed by atoms with Crippen LogP contribution in [0.3, 0.4) is 0 Å². The molecule has 1 aliphatic heterocycles. The molecular weight excluding hydrogens is 273 g/mol. The van der Waals surface area contributed by atoms with Gasteiger partial charge in [-0.1, -0.05) is 0 Å². The van der Waals surface area contributed by atoms with Crippen LogP contribution in [-0.4, -0.2) is 24.3 Å². The molecule has 5 nitrogen and oxygen atoms in total. The maximum Gasteiger partial charge on any atom is 0.313 e. The van der Waals surface area contributed by atoms with Gasteiger partial charge in [-0.05, 0) is 45.4 Å². The number of hydrogen-bond donors (Lipinski definition) is 2. The van der Waals surface area contributed by atoms with Crippen molar-refractivity contribution < 1.29 is 13.9 Å². The lowest BCUT2D eigenvalue weighted by molar-refractivity contribution is -0.160. The predicted octanol–water partition coefficient (Wildman–Crippen LogP) is 1.86. The maximum absolute atomic E-state index is 14.0. The largest absolute Gasteiger partial charge is 0.460 e. The van der Waals surface area contributed by atoms with E-state index in [1.54, 1.807) is 17.0 Å². The fourth-order valence-electron chi connectivity index (χ4n) is 2.49. The number of carbonyl (C=O) groups is 1. The van der Waals surface area contributed by atoms with Gasteiger partial charge in [0.1, 0.15) is 11.4 Å². The summed E-state index contributed by atoms with van der Waals surface area (Å²) >= 11 is 0. The van der Waals surface area contributed by atoms with Gasteiger partial charge in [0.2, 0.25) is 0 Å². The Morgan fingerprint density at radius 1 is 1.43 bits per heavy atom. The highest BCUT2D eigenvalue weighted by Crippen LogP contribution is 2.31. The monoisotopic (exact) mass is 295 g/mol. The van der Waals surface area contributed by atoms with E-state index in [9.17, 15) is 9.18 Å². The van der Waals surface area contributed by atoms with Crippen molar-refractivity contribution >= 4 is 17.3 Å². The second-order valence-electron chi connectivity index (χ2n) is 6.32. The summed E-state index contributed by atoms with van der Waals surface area (Å²) in [6.45, 7) is 5.93. The van der Waals surface area contributed by atoms with Crippen LogP contribution in [0.2, 0.25) is 0 Å². The Bertz CT molecular complexity index is 542. The van der Waals surface area contributed by atoms with Gasteiger partial charge in [0.15, 0.2) is 0 Å². The van der Waals surface area contributed by atoms with Crippen molar-refractivity contribution in [2.24, 2.45) is 11.7 Å². The molecule has 1 aliphatic rings. The van der Waals surface area contributed by atoms with E-state index in [4.69, 9.17) is 16.2 Å². The number of anilines is 2. The second kappa shape index (κ2) is 5.52. The number of halogens is 1. The van der Waals surface area contributed by atoms with Crippen molar-refractivity contribution in [1.29, 1.82) is 0 Å². The van der Waals surface area contributed by atoms with Crippen LogP contribution in [0, 0.1) is 11.7 Å². The molecule has 1 aromatic carbocycles. The molecule has 1 fully saturated rings. The third kappa shape index (κ3) is 3.44. The molecule has 1 aromatic rings. The second-order valence-corrected chi connectivity index (χ2v) is 6.32. The maximum atomic E-state index is 14.0. The fraction of sp³-hybridized carbons (Fsp3) is 0.533. The summed E-state index contributed by atoms with van der Waals surface area (Å²) < 4.78 is 19.3. The number of nitrogens with two attached hydrogens (primary N) is 2. The number of rotatable bonds is 2. The minimum atomic E-state index is -0.599. The van der Waals surface area contributed by atoms with Gasteiger partial charge >= 0.3 is 5.97 Å². The molecule has 0 bridgehead atoms. The third-order valence-electron chi connectivity index (χ3n) is 3.44. The lowest BCUT2D eigenvalue weighted by Gasteiger charge is -2.28. The van der Waals surface area contributed by atoms with Gasteiger partial charge in [-0.15, -0.1) is 0 Å². The minimum Gasteiger partial charge on any atom is -0.460 e. The molecule has 4 N–H and O–H groups in total. The average Bonchev–Trinajstić information content (AvgIpc) is 2.69. The van der Waals surface area contributed by atoms with Crippen LogP contribution in [0.25, 0.3) is 0 Å². The molecule has 0 amide bonds. The first-order valence-corrected chi connectivity index (χ1v) is 6.99. The molecule has 0 aromatic heterocycles. The lowest BCUT2D eigenvalue weighted by atomic mass is 10.1. The summed E-state index contributed by atoms with van der Waals surface area (Å²) in [6, 6.07) is 4.46. The zero-order valence-corrected chi connectivity index (χ0v) is 12.6. The number of nitrogens with zero attached hydrogens (tertiary/aromatic N) is 1. The molecule has 1 heterocycles. The molecule has 6 heteroatoms. The predicted molar refractivity (Wildman–Crippen MR) is 80.1 cm³/mol. The van der Waals surface area contributed by atoms with E-state index in [0.29, 0.717) is 24.3 Å². The van der Waals surface area contributed by atoms with Crippen LogP contribution in [0.5, 0.6) is 0 Å². The Kier molecular flexibility index (Phi) is 4.09. The van der Waals surface area contributed by atoms with Crippen molar-refractivity contribution in [1.82, 2.24) is 0 Å². The van der Waals surface area contributed by atoms with E-state index in [1.165, 1.54) is 6.07 Å². The summed E-state index contributed by atoms with van der Waals surface area (Å²) in [6.07, 6.45) is -0.0575. The average molecular weight is 295 g/mol. The summed E-state index contributed by atoms with van der Waals surface area (Å²) in [5.74, 6) is -1.23. The van der Waals surface area contributed by atoms with Gasteiger partial charge in [-0.3, -0.25) is 4.79 Å². The Morgan fingerprint density at radius 3 is 2.67 bits per heavy atom. The summed E-state index contributed by atoms with van der Waals surface area (Å²) in [7, 11) is 0. The van der Waals surface area contributed by atoms with Gasteiger partial charge in [-0.25, -0.2) is 4.39 Å². The molecule has 0 saturated carbocycles. The van der Waals surface area contributed by atoms with Gasteiger partial charge in [-0.2, -0.15) is 0 Å². The highest BCUT2D eigenvalue weighted by atomic mass is 19.1. The van der Waals surface area contributed by atoms with Gasteiger partial charge < -0.3 is 21.1 Å². The summed E-state index contributed by atoms with van der Waals surface area (Å²) in [5, 5.41) is 0. The normalized spacial score (nSPS) is 22.4. The molecular formula is C15H22FN3O2. The van der Waals surface area contributed by atoms with Gasteiger partial charge in [0, 0.05) is 12.2 Å². The Labute approximate surface area is 124 Å².